The maximum atomic E-state index is 13.0. The number of aromatic nitrogens is 1. The highest BCUT2D eigenvalue weighted by Gasteiger charge is 2.30. The molecule has 0 aliphatic carbocycles. The van der Waals surface area contributed by atoms with Crippen molar-refractivity contribution in [1.82, 2.24) is 20.9 Å². The fraction of sp³-hybridized carbons (Fsp3) is 0.480. The minimum absolute atomic E-state index is 0.0337. The smallest absolute Gasteiger partial charge is 0.326 e. The number of nitrogens with one attached hydrogen (secondary N) is 4. The summed E-state index contributed by atoms with van der Waals surface area (Å²) in [6.07, 6.45) is 1.79. The molecule has 0 aliphatic heterocycles. The number of hydrogen-bond acceptors (Lipinski definition) is 7. The van der Waals surface area contributed by atoms with Gasteiger partial charge < -0.3 is 37.5 Å². The Kier molecular flexibility index (Phi) is 11.6. The van der Waals surface area contributed by atoms with Crippen LogP contribution < -0.4 is 27.4 Å². The van der Waals surface area contributed by atoms with Crippen molar-refractivity contribution < 1.29 is 29.1 Å². The Morgan fingerprint density at radius 1 is 0.974 bits per heavy atom. The van der Waals surface area contributed by atoms with Crippen molar-refractivity contribution in [1.29, 1.82) is 0 Å². The third kappa shape index (κ3) is 9.06. The molecular weight excluding hydrogens is 512 g/mol. The second-order valence-electron chi connectivity index (χ2n) is 9.51. The minimum atomic E-state index is -1.36. The molecule has 0 saturated carbocycles. The summed E-state index contributed by atoms with van der Waals surface area (Å²) in [6.45, 7) is 3.66. The third-order valence-electron chi connectivity index (χ3n) is 5.90. The monoisotopic (exact) mass is 548 g/mol. The number of fused-ring (bicyclic) bond motifs is 1. The van der Waals surface area contributed by atoms with Crippen molar-refractivity contribution in [3.05, 3.63) is 36.0 Å². The summed E-state index contributed by atoms with van der Waals surface area (Å²) in [5, 5.41) is 17.8. The molecule has 4 amide bonds. The number of aliphatic carboxylic acids is 1. The molecule has 2 rings (SSSR count). The van der Waals surface area contributed by atoms with Crippen LogP contribution in [0.1, 0.15) is 38.7 Å². The molecule has 13 heteroatoms. The highest BCUT2D eigenvalue weighted by atomic mass is 32.1. The molecule has 208 valence electrons. The lowest BCUT2D eigenvalue weighted by Gasteiger charge is -2.25. The molecular formula is C25H36N6O6S. The van der Waals surface area contributed by atoms with E-state index in [1.54, 1.807) is 6.20 Å². The maximum absolute atomic E-state index is 13.0. The summed E-state index contributed by atoms with van der Waals surface area (Å²) in [5.41, 5.74) is 13.0. The first-order chi connectivity index (χ1) is 17.9. The lowest BCUT2D eigenvalue weighted by atomic mass is 10.0. The fourth-order valence-corrected chi connectivity index (χ4v) is 4.15. The maximum Gasteiger partial charge on any atom is 0.326 e. The molecule has 9 N–H and O–H groups in total. The zero-order chi connectivity index (χ0) is 28.4. The van der Waals surface area contributed by atoms with E-state index in [9.17, 15) is 29.1 Å². The number of para-hydroxylation sites is 1. The topological polar surface area (TPSA) is 209 Å². The highest BCUT2D eigenvalue weighted by Crippen LogP contribution is 2.18. The Morgan fingerprint density at radius 3 is 2.18 bits per heavy atom. The largest absolute Gasteiger partial charge is 0.480 e. The molecule has 1 aromatic heterocycles. The molecule has 1 aromatic carbocycles. The first kappa shape index (κ1) is 30.6. The van der Waals surface area contributed by atoms with Crippen LogP contribution in [-0.2, 0) is 30.4 Å². The number of carboxylic acid groups (broad SMARTS) is 1. The molecule has 0 fully saturated rings. The van der Waals surface area contributed by atoms with E-state index in [1.165, 1.54) is 0 Å². The molecule has 0 radical (unpaired) electrons. The van der Waals surface area contributed by atoms with Crippen molar-refractivity contribution in [3.8, 4) is 0 Å². The van der Waals surface area contributed by atoms with Gasteiger partial charge in [0.1, 0.15) is 18.1 Å². The van der Waals surface area contributed by atoms with Crippen LogP contribution in [-0.4, -0.2) is 69.6 Å². The van der Waals surface area contributed by atoms with Gasteiger partial charge in [0.05, 0.1) is 6.04 Å². The van der Waals surface area contributed by atoms with Crippen LogP contribution in [0.4, 0.5) is 0 Å². The van der Waals surface area contributed by atoms with Crippen molar-refractivity contribution in [2.45, 2.75) is 63.7 Å². The Bertz CT molecular complexity index is 1150. The van der Waals surface area contributed by atoms with Crippen molar-refractivity contribution in [2.24, 2.45) is 17.4 Å². The zero-order valence-corrected chi connectivity index (χ0v) is 22.3. The van der Waals surface area contributed by atoms with Gasteiger partial charge in [-0.1, -0.05) is 32.0 Å². The number of nitrogens with two attached hydrogens (primary N) is 2. The average Bonchev–Trinajstić information content (AvgIpc) is 3.26. The van der Waals surface area contributed by atoms with E-state index in [0.717, 1.165) is 16.5 Å². The van der Waals surface area contributed by atoms with Crippen molar-refractivity contribution >= 4 is 53.1 Å². The van der Waals surface area contributed by atoms with Gasteiger partial charge in [0, 0.05) is 29.3 Å². The van der Waals surface area contributed by atoms with Gasteiger partial charge >= 0.3 is 5.97 Å². The first-order valence-corrected chi connectivity index (χ1v) is 12.9. The van der Waals surface area contributed by atoms with Gasteiger partial charge in [0.25, 0.3) is 0 Å². The number of hydrogen-bond donors (Lipinski definition) is 8. The van der Waals surface area contributed by atoms with Crippen LogP contribution in [0.25, 0.3) is 10.9 Å². The van der Waals surface area contributed by atoms with Crippen LogP contribution in [0.5, 0.6) is 0 Å². The van der Waals surface area contributed by atoms with Crippen LogP contribution >= 0.6 is 12.6 Å². The zero-order valence-electron chi connectivity index (χ0n) is 21.4. The number of carbonyl (C=O) groups excluding carboxylic acids is 4. The van der Waals surface area contributed by atoms with Crippen molar-refractivity contribution in [2.75, 3.05) is 5.75 Å². The summed E-state index contributed by atoms with van der Waals surface area (Å²) in [6, 6.07) is 3.12. The molecule has 12 nitrogen and oxygen atoms in total. The number of thiol groups is 1. The third-order valence-corrected chi connectivity index (χ3v) is 6.27. The van der Waals surface area contributed by atoms with Crippen LogP contribution in [0.2, 0.25) is 0 Å². The Morgan fingerprint density at radius 2 is 1.58 bits per heavy atom. The molecule has 4 unspecified atom stereocenters. The Hall–Kier alpha value is -3.58. The summed E-state index contributed by atoms with van der Waals surface area (Å²) >= 11 is 4.17. The van der Waals surface area contributed by atoms with E-state index in [0.29, 0.717) is 0 Å². The van der Waals surface area contributed by atoms with Gasteiger partial charge in [-0.2, -0.15) is 12.6 Å². The van der Waals surface area contributed by atoms with E-state index in [4.69, 9.17) is 11.5 Å². The molecule has 1 heterocycles. The normalized spacial score (nSPS) is 14.3. The number of benzene rings is 1. The first-order valence-electron chi connectivity index (χ1n) is 12.3. The van der Waals surface area contributed by atoms with Crippen LogP contribution in [0.3, 0.4) is 0 Å². The van der Waals surface area contributed by atoms with E-state index >= 15 is 0 Å². The number of amides is 4. The van der Waals surface area contributed by atoms with Crippen LogP contribution in [0, 0.1) is 5.92 Å². The number of aromatic amines is 1. The van der Waals surface area contributed by atoms with E-state index in [1.807, 2.05) is 38.1 Å². The number of rotatable bonds is 15. The average molecular weight is 549 g/mol. The van der Waals surface area contributed by atoms with Gasteiger partial charge in [0.2, 0.25) is 23.6 Å². The molecule has 38 heavy (non-hydrogen) atoms. The van der Waals surface area contributed by atoms with E-state index in [-0.39, 0.29) is 37.4 Å². The highest BCUT2D eigenvalue weighted by molar-refractivity contribution is 7.80. The van der Waals surface area contributed by atoms with Gasteiger partial charge in [-0.25, -0.2) is 4.79 Å². The molecule has 0 saturated heterocycles. The fourth-order valence-electron chi connectivity index (χ4n) is 3.89. The quantitative estimate of drug-likeness (QED) is 0.141. The van der Waals surface area contributed by atoms with Gasteiger partial charge in [0.15, 0.2) is 0 Å². The molecule has 2 aromatic rings. The van der Waals surface area contributed by atoms with Crippen LogP contribution in [0.15, 0.2) is 30.5 Å². The lowest BCUT2D eigenvalue weighted by Crippen LogP contribution is -2.58. The van der Waals surface area contributed by atoms with Crippen molar-refractivity contribution in [3.63, 3.8) is 0 Å². The Balaban J connectivity index is 2.04. The standard InChI is InChI=1S/C25H36N6O6S/c1-13(2)9-19(23(34)29-18(25(36)37)7-8-21(27)32)30-24(35)20(12-38)31-22(33)16(26)10-14-11-28-17-6-4-3-5-15(14)17/h3-6,11,13,16,18-20,28,38H,7-10,12,26H2,1-2H3,(H2,27,32)(H,29,34)(H,30,35)(H,31,33)(H,36,37). The minimum Gasteiger partial charge on any atom is -0.480 e. The predicted molar refractivity (Wildman–Crippen MR) is 145 cm³/mol. The SMILES string of the molecule is CC(C)CC(NC(=O)C(CS)NC(=O)C(N)Cc1c[nH]c2ccccc12)C(=O)NC(CCC(N)=O)C(=O)O. The molecule has 0 bridgehead atoms. The lowest BCUT2D eigenvalue weighted by molar-refractivity contribution is -0.142. The number of H-pyrrole nitrogens is 1. The molecule has 0 spiro atoms. The second kappa shape index (κ2) is 14.4. The van der Waals surface area contributed by atoms with Gasteiger partial charge in [-0.15, -0.1) is 0 Å². The predicted octanol–water partition coefficient (Wildman–Crippen LogP) is -0.182. The second-order valence-corrected chi connectivity index (χ2v) is 9.87. The van der Waals surface area contributed by atoms with Gasteiger partial charge in [-0.05, 0) is 36.8 Å². The van der Waals surface area contributed by atoms with E-state index in [2.05, 4.69) is 33.6 Å². The number of carboxylic acids is 1. The van der Waals surface area contributed by atoms with E-state index < -0.39 is 53.8 Å². The summed E-state index contributed by atoms with van der Waals surface area (Å²) in [5.74, 6) is -4.10. The summed E-state index contributed by atoms with van der Waals surface area (Å²) < 4.78 is 0. The molecule has 0 aliphatic rings. The van der Waals surface area contributed by atoms with Gasteiger partial charge in [-0.3, -0.25) is 19.2 Å². The summed E-state index contributed by atoms with van der Waals surface area (Å²) in [4.78, 5) is 64.3. The number of carbonyl (C=O) groups is 5. The number of primary amides is 1. The molecule has 4 atom stereocenters. The Labute approximate surface area is 226 Å². The summed E-state index contributed by atoms with van der Waals surface area (Å²) in [7, 11) is 0.